The zero-order valence-corrected chi connectivity index (χ0v) is 17.9. The molecular weight excluding hydrogens is 398 g/mol. The van der Waals surface area contributed by atoms with Crippen molar-refractivity contribution in [1.82, 2.24) is 15.0 Å². The highest BCUT2D eigenvalue weighted by atomic mass is 35.5. The van der Waals surface area contributed by atoms with Gasteiger partial charge in [-0.2, -0.15) is 4.98 Å². The Morgan fingerprint density at radius 3 is 2.47 bits per heavy atom. The Labute approximate surface area is 182 Å². The standard InChI is InChI=1S/C24H26ClN3O2/c1-17-7-11-19(12-8-17)24-26-22(30-27-24)16-28(21-5-3-2-4-6-21)23(29)15-18-9-13-20(25)14-10-18/h7-14,21H,2-6,15-16H2,1H3. The molecule has 3 aromatic rings. The van der Waals surface area contributed by atoms with Crippen LogP contribution in [0.15, 0.2) is 53.1 Å². The number of halogens is 1. The largest absolute Gasteiger partial charge is 0.337 e. The van der Waals surface area contributed by atoms with Crippen LogP contribution in [0.4, 0.5) is 0 Å². The van der Waals surface area contributed by atoms with Crippen LogP contribution in [-0.4, -0.2) is 27.0 Å². The third-order valence-corrected chi connectivity index (χ3v) is 5.94. The molecule has 156 valence electrons. The maximum atomic E-state index is 13.2. The van der Waals surface area contributed by atoms with E-state index in [1.54, 1.807) is 0 Å². The van der Waals surface area contributed by atoms with Crippen molar-refractivity contribution in [2.45, 2.75) is 58.0 Å². The Bertz CT molecular complexity index is 976. The van der Waals surface area contributed by atoms with Crippen molar-refractivity contribution >= 4 is 17.5 Å². The lowest BCUT2D eigenvalue weighted by Gasteiger charge is -2.33. The molecule has 0 bridgehead atoms. The summed E-state index contributed by atoms with van der Waals surface area (Å²) in [6.45, 7) is 2.38. The maximum Gasteiger partial charge on any atom is 0.246 e. The van der Waals surface area contributed by atoms with E-state index in [4.69, 9.17) is 16.1 Å². The van der Waals surface area contributed by atoms with Gasteiger partial charge in [0.25, 0.3) is 0 Å². The second-order valence-corrected chi connectivity index (χ2v) is 8.43. The topological polar surface area (TPSA) is 59.2 Å². The Balaban J connectivity index is 1.51. The molecule has 30 heavy (non-hydrogen) atoms. The first-order valence-corrected chi connectivity index (χ1v) is 10.9. The van der Waals surface area contributed by atoms with Crippen LogP contribution in [0.2, 0.25) is 5.02 Å². The summed E-state index contributed by atoms with van der Waals surface area (Å²) in [5.41, 5.74) is 3.04. The Morgan fingerprint density at radius 2 is 1.77 bits per heavy atom. The van der Waals surface area contributed by atoms with Gasteiger partial charge in [-0.3, -0.25) is 4.79 Å². The number of aromatic nitrogens is 2. The van der Waals surface area contributed by atoms with Crippen LogP contribution in [0.3, 0.4) is 0 Å². The monoisotopic (exact) mass is 423 g/mol. The van der Waals surface area contributed by atoms with E-state index < -0.39 is 0 Å². The van der Waals surface area contributed by atoms with Gasteiger partial charge in [-0.25, -0.2) is 0 Å². The minimum absolute atomic E-state index is 0.0827. The lowest BCUT2D eigenvalue weighted by Crippen LogP contribution is -2.41. The zero-order valence-electron chi connectivity index (χ0n) is 17.2. The Kier molecular flexibility index (Phi) is 6.48. The third-order valence-electron chi connectivity index (χ3n) is 5.69. The lowest BCUT2D eigenvalue weighted by molar-refractivity contribution is -0.134. The first kappa shape index (κ1) is 20.6. The van der Waals surface area contributed by atoms with Gasteiger partial charge in [0, 0.05) is 16.6 Å². The molecule has 2 aromatic carbocycles. The molecule has 0 saturated heterocycles. The van der Waals surface area contributed by atoms with Crippen molar-refractivity contribution in [2.24, 2.45) is 0 Å². The molecule has 1 fully saturated rings. The van der Waals surface area contributed by atoms with Crippen molar-refractivity contribution in [1.29, 1.82) is 0 Å². The summed E-state index contributed by atoms with van der Waals surface area (Å²) in [6.07, 6.45) is 5.90. The fourth-order valence-corrected chi connectivity index (χ4v) is 4.10. The van der Waals surface area contributed by atoms with E-state index in [2.05, 4.69) is 10.1 Å². The summed E-state index contributed by atoms with van der Waals surface area (Å²) in [4.78, 5) is 19.7. The Hall–Kier alpha value is -2.66. The molecule has 0 atom stereocenters. The summed E-state index contributed by atoms with van der Waals surface area (Å²) < 4.78 is 5.51. The minimum Gasteiger partial charge on any atom is -0.337 e. The van der Waals surface area contributed by atoms with Gasteiger partial charge in [0.1, 0.15) is 6.54 Å². The number of carbonyl (C=O) groups excluding carboxylic acids is 1. The Morgan fingerprint density at radius 1 is 1.07 bits per heavy atom. The fourth-order valence-electron chi connectivity index (χ4n) is 3.98. The van der Waals surface area contributed by atoms with Gasteiger partial charge in [0.15, 0.2) is 0 Å². The molecule has 0 spiro atoms. The molecule has 1 heterocycles. The predicted octanol–water partition coefficient (Wildman–Crippen LogP) is 5.60. The van der Waals surface area contributed by atoms with Crippen molar-refractivity contribution in [3.05, 3.63) is 70.6 Å². The first-order chi connectivity index (χ1) is 14.6. The number of benzene rings is 2. The van der Waals surface area contributed by atoms with Crippen molar-refractivity contribution in [2.75, 3.05) is 0 Å². The highest BCUT2D eigenvalue weighted by Gasteiger charge is 2.27. The number of hydrogen-bond acceptors (Lipinski definition) is 4. The maximum absolute atomic E-state index is 13.2. The number of hydrogen-bond donors (Lipinski definition) is 0. The molecule has 1 amide bonds. The SMILES string of the molecule is Cc1ccc(-c2noc(CN(C(=O)Cc3ccc(Cl)cc3)C3CCCCC3)n2)cc1. The molecule has 0 radical (unpaired) electrons. The van der Waals surface area contributed by atoms with E-state index in [0.717, 1.165) is 36.8 Å². The summed E-state index contributed by atoms with van der Waals surface area (Å²) in [7, 11) is 0. The van der Waals surface area contributed by atoms with Crippen molar-refractivity contribution in [3.63, 3.8) is 0 Å². The van der Waals surface area contributed by atoms with Crippen molar-refractivity contribution < 1.29 is 9.32 Å². The van der Waals surface area contributed by atoms with Gasteiger partial charge in [-0.1, -0.05) is 78.0 Å². The molecule has 1 aromatic heterocycles. The van der Waals surface area contributed by atoms with Gasteiger partial charge in [0.05, 0.1) is 6.42 Å². The third kappa shape index (κ3) is 5.08. The van der Waals surface area contributed by atoms with Gasteiger partial charge in [-0.05, 0) is 37.5 Å². The zero-order chi connectivity index (χ0) is 20.9. The number of carbonyl (C=O) groups is 1. The average molecular weight is 424 g/mol. The molecule has 1 aliphatic rings. The second kappa shape index (κ2) is 9.43. The van der Waals surface area contributed by atoms with Gasteiger partial charge in [-0.15, -0.1) is 0 Å². The number of amides is 1. The summed E-state index contributed by atoms with van der Waals surface area (Å²) in [6, 6.07) is 15.7. The van der Waals surface area contributed by atoms with E-state index >= 15 is 0 Å². The summed E-state index contributed by atoms with van der Waals surface area (Å²) in [5, 5.41) is 4.80. The van der Waals surface area contributed by atoms with Gasteiger partial charge in [0.2, 0.25) is 17.6 Å². The van der Waals surface area contributed by atoms with E-state index in [-0.39, 0.29) is 11.9 Å². The molecule has 4 rings (SSSR count). The van der Waals surface area contributed by atoms with Crippen LogP contribution >= 0.6 is 11.6 Å². The lowest BCUT2D eigenvalue weighted by atomic mass is 9.93. The van der Waals surface area contributed by atoms with Crippen LogP contribution in [0.1, 0.15) is 49.1 Å². The predicted molar refractivity (Wildman–Crippen MR) is 117 cm³/mol. The summed E-state index contributed by atoms with van der Waals surface area (Å²) in [5.74, 6) is 1.11. The van der Waals surface area contributed by atoms with Crippen LogP contribution in [0.25, 0.3) is 11.4 Å². The molecular formula is C24H26ClN3O2. The van der Waals surface area contributed by atoms with E-state index in [9.17, 15) is 4.79 Å². The smallest absolute Gasteiger partial charge is 0.246 e. The minimum atomic E-state index is 0.0827. The normalized spacial score (nSPS) is 14.6. The molecule has 1 saturated carbocycles. The number of rotatable bonds is 6. The van der Waals surface area contributed by atoms with Crippen LogP contribution in [0.5, 0.6) is 0 Å². The van der Waals surface area contributed by atoms with Gasteiger partial charge >= 0.3 is 0 Å². The van der Waals surface area contributed by atoms with E-state index in [0.29, 0.717) is 29.7 Å². The highest BCUT2D eigenvalue weighted by molar-refractivity contribution is 6.30. The highest BCUT2D eigenvalue weighted by Crippen LogP contribution is 2.25. The fraction of sp³-hybridized carbons (Fsp3) is 0.375. The van der Waals surface area contributed by atoms with Crippen LogP contribution in [0, 0.1) is 6.92 Å². The second-order valence-electron chi connectivity index (χ2n) is 7.99. The molecule has 0 aliphatic heterocycles. The molecule has 0 N–H and O–H groups in total. The van der Waals surface area contributed by atoms with Crippen LogP contribution < -0.4 is 0 Å². The summed E-state index contributed by atoms with van der Waals surface area (Å²) >= 11 is 5.98. The number of aryl methyl sites for hydroxylation is 1. The molecule has 5 nitrogen and oxygen atoms in total. The average Bonchev–Trinajstić information content (AvgIpc) is 3.23. The molecule has 1 aliphatic carbocycles. The van der Waals surface area contributed by atoms with Crippen molar-refractivity contribution in [3.8, 4) is 11.4 Å². The van der Waals surface area contributed by atoms with E-state index in [1.165, 1.54) is 12.0 Å². The molecule has 6 heteroatoms. The van der Waals surface area contributed by atoms with Gasteiger partial charge < -0.3 is 9.42 Å². The quantitative estimate of drug-likeness (QED) is 0.517. The van der Waals surface area contributed by atoms with E-state index in [1.807, 2.05) is 60.4 Å². The first-order valence-electron chi connectivity index (χ1n) is 10.5. The van der Waals surface area contributed by atoms with Crippen LogP contribution in [-0.2, 0) is 17.8 Å². The molecule has 0 unspecified atom stereocenters. The number of nitrogens with zero attached hydrogens (tertiary/aromatic N) is 3.